The van der Waals surface area contributed by atoms with E-state index in [2.05, 4.69) is 10.6 Å². The lowest BCUT2D eigenvalue weighted by Crippen LogP contribution is -2.40. The number of amides is 1. The van der Waals surface area contributed by atoms with Crippen LogP contribution in [0, 0.1) is 10.1 Å². The molecule has 7 nitrogen and oxygen atoms in total. The van der Waals surface area contributed by atoms with Gasteiger partial charge in [0.25, 0.3) is 5.69 Å². The second-order valence-corrected chi connectivity index (χ2v) is 7.36. The molecule has 0 saturated heterocycles. The zero-order valence-electron chi connectivity index (χ0n) is 16.0. The maximum atomic E-state index is 12.8. The molecule has 0 aliphatic heterocycles. The highest BCUT2D eigenvalue weighted by atomic mass is 32.1. The second kappa shape index (κ2) is 9.31. The van der Waals surface area contributed by atoms with E-state index in [0.29, 0.717) is 5.69 Å². The van der Waals surface area contributed by atoms with Gasteiger partial charge in [-0.2, -0.15) is 0 Å². The molecular formula is C21H21N3O4S. The highest BCUT2D eigenvalue weighted by Crippen LogP contribution is 2.30. The minimum atomic E-state index is -0.526. The first-order valence-electron chi connectivity index (χ1n) is 8.97. The van der Waals surface area contributed by atoms with E-state index < -0.39 is 11.0 Å². The summed E-state index contributed by atoms with van der Waals surface area (Å²) >= 11 is 1.62. The number of nitro groups is 1. The van der Waals surface area contributed by atoms with Crippen LogP contribution in [0.3, 0.4) is 0 Å². The van der Waals surface area contributed by atoms with Crippen LogP contribution in [0.4, 0.5) is 11.4 Å². The summed E-state index contributed by atoms with van der Waals surface area (Å²) in [6, 6.07) is 17.3. The van der Waals surface area contributed by atoms with Crippen LogP contribution in [-0.2, 0) is 4.79 Å². The van der Waals surface area contributed by atoms with Crippen molar-refractivity contribution in [2.24, 2.45) is 0 Å². The third-order valence-electron chi connectivity index (χ3n) is 4.42. The number of nitrogens with one attached hydrogen (secondary N) is 2. The molecule has 3 rings (SSSR count). The molecule has 2 atom stereocenters. The molecule has 0 unspecified atom stereocenters. The Balaban J connectivity index is 1.76. The predicted octanol–water partition coefficient (Wildman–Crippen LogP) is 4.37. The number of non-ortho nitro benzene ring substituents is 1. The first kappa shape index (κ1) is 20.5. The average Bonchev–Trinajstić information content (AvgIpc) is 3.27. The van der Waals surface area contributed by atoms with E-state index in [0.717, 1.165) is 10.4 Å². The SMILES string of the molecule is COc1cc([N+](=O)[O-])ccc1NC(=O)[C@H](C)N[C@H](c1ccccc1)c1cccs1. The summed E-state index contributed by atoms with van der Waals surface area (Å²) in [5.74, 6) is -0.0349. The van der Waals surface area contributed by atoms with Crippen LogP contribution in [0.2, 0.25) is 0 Å². The molecule has 0 saturated carbocycles. The number of methoxy groups -OCH3 is 1. The van der Waals surface area contributed by atoms with E-state index in [4.69, 9.17) is 4.74 Å². The normalized spacial score (nSPS) is 12.8. The van der Waals surface area contributed by atoms with Crippen molar-refractivity contribution in [2.45, 2.75) is 19.0 Å². The van der Waals surface area contributed by atoms with Crippen molar-refractivity contribution in [3.05, 3.63) is 86.6 Å². The van der Waals surface area contributed by atoms with Crippen molar-refractivity contribution in [1.29, 1.82) is 0 Å². The smallest absolute Gasteiger partial charge is 0.273 e. The fraction of sp³-hybridized carbons (Fsp3) is 0.190. The van der Waals surface area contributed by atoms with Gasteiger partial charge < -0.3 is 10.1 Å². The van der Waals surface area contributed by atoms with Crippen molar-refractivity contribution in [3.8, 4) is 5.75 Å². The Morgan fingerprint density at radius 3 is 2.52 bits per heavy atom. The first-order chi connectivity index (χ1) is 14.0. The van der Waals surface area contributed by atoms with Gasteiger partial charge in [0.05, 0.1) is 35.9 Å². The molecule has 0 spiro atoms. The minimum absolute atomic E-state index is 0.104. The number of rotatable bonds is 8. The third kappa shape index (κ3) is 4.98. The van der Waals surface area contributed by atoms with Crippen molar-refractivity contribution >= 4 is 28.6 Å². The van der Waals surface area contributed by atoms with E-state index in [9.17, 15) is 14.9 Å². The zero-order valence-corrected chi connectivity index (χ0v) is 16.8. The molecule has 29 heavy (non-hydrogen) atoms. The maximum Gasteiger partial charge on any atom is 0.273 e. The van der Waals surface area contributed by atoms with Crippen molar-refractivity contribution in [3.63, 3.8) is 0 Å². The summed E-state index contributed by atoms with van der Waals surface area (Å²) in [4.78, 5) is 24.3. The third-order valence-corrected chi connectivity index (χ3v) is 5.36. The summed E-state index contributed by atoms with van der Waals surface area (Å²) in [6.07, 6.45) is 0. The second-order valence-electron chi connectivity index (χ2n) is 6.38. The number of ether oxygens (including phenoxy) is 1. The Bertz CT molecular complexity index is 977. The van der Waals surface area contributed by atoms with Gasteiger partial charge in [-0.05, 0) is 30.0 Å². The molecule has 2 N–H and O–H groups in total. The van der Waals surface area contributed by atoms with Gasteiger partial charge in [0.1, 0.15) is 5.75 Å². The van der Waals surface area contributed by atoms with Crippen LogP contribution in [0.15, 0.2) is 66.0 Å². The van der Waals surface area contributed by atoms with Crippen LogP contribution in [-0.4, -0.2) is 24.0 Å². The number of hydrogen-bond donors (Lipinski definition) is 2. The first-order valence-corrected chi connectivity index (χ1v) is 9.85. The van der Waals surface area contributed by atoms with Crippen LogP contribution < -0.4 is 15.4 Å². The molecule has 1 heterocycles. The standard InChI is InChI=1S/C21H21N3O4S/c1-14(21(25)23-17-11-10-16(24(26)27)13-18(17)28-2)22-20(19-9-6-12-29-19)15-7-4-3-5-8-15/h3-14,20,22H,1-2H3,(H,23,25)/t14-,20+/m0/s1. The Hall–Kier alpha value is -3.23. The monoisotopic (exact) mass is 411 g/mol. The Morgan fingerprint density at radius 1 is 1.14 bits per heavy atom. The van der Waals surface area contributed by atoms with Gasteiger partial charge in [-0.3, -0.25) is 20.2 Å². The van der Waals surface area contributed by atoms with Crippen LogP contribution in [0.5, 0.6) is 5.75 Å². The summed E-state index contributed by atoms with van der Waals surface area (Å²) in [7, 11) is 1.40. The summed E-state index contributed by atoms with van der Waals surface area (Å²) in [5.41, 5.74) is 1.33. The zero-order chi connectivity index (χ0) is 20.8. The molecule has 8 heteroatoms. The number of thiophene rings is 1. The molecule has 0 radical (unpaired) electrons. The fourth-order valence-electron chi connectivity index (χ4n) is 2.91. The molecule has 3 aromatic rings. The lowest BCUT2D eigenvalue weighted by Gasteiger charge is -2.23. The van der Waals surface area contributed by atoms with Crippen LogP contribution in [0.1, 0.15) is 23.4 Å². The van der Waals surface area contributed by atoms with Crippen LogP contribution >= 0.6 is 11.3 Å². The number of hydrogen-bond acceptors (Lipinski definition) is 6. The van der Waals surface area contributed by atoms with Gasteiger partial charge in [-0.1, -0.05) is 36.4 Å². The summed E-state index contributed by atoms with van der Waals surface area (Å²) in [6.45, 7) is 1.77. The fourth-order valence-corrected chi connectivity index (χ4v) is 3.72. The number of carbonyl (C=O) groups is 1. The van der Waals surface area contributed by atoms with Crippen LogP contribution in [0.25, 0.3) is 0 Å². The summed E-state index contributed by atoms with van der Waals surface area (Å²) < 4.78 is 5.19. The maximum absolute atomic E-state index is 12.8. The van der Waals surface area contributed by atoms with E-state index in [1.54, 1.807) is 18.3 Å². The number of benzene rings is 2. The van der Waals surface area contributed by atoms with E-state index in [1.807, 2.05) is 47.8 Å². The molecular weight excluding hydrogens is 390 g/mol. The molecule has 0 bridgehead atoms. The Kier molecular flexibility index (Phi) is 6.58. The molecule has 0 aliphatic rings. The van der Waals surface area contributed by atoms with E-state index in [-0.39, 0.29) is 23.4 Å². The average molecular weight is 411 g/mol. The lowest BCUT2D eigenvalue weighted by molar-refractivity contribution is -0.384. The predicted molar refractivity (Wildman–Crippen MR) is 113 cm³/mol. The van der Waals surface area contributed by atoms with Crippen molar-refractivity contribution in [1.82, 2.24) is 5.32 Å². The Labute approximate surface area is 172 Å². The summed E-state index contributed by atoms with van der Waals surface area (Å²) in [5, 5.41) is 19.1. The topological polar surface area (TPSA) is 93.5 Å². The number of carbonyl (C=O) groups excluding carboxylic acids is 1. The Morgan fingerprint density at radius 2 is 1.90 bits per heavy atom. The van der Waals surface area contributed by atoms with Gasteiger partial charge >= 0.3 is 0 Å². The van der Waals surface area contributed by atoms with Gasteiger partial charge in [0.15, 0.2) is 0 Å². The highest BCUT2D eigenvalue weighted by Gasteiger charge is 2.22. The lowest BCUT2D eigenvalue weighted by atomic mass is 10.0. The molecule has 1 amide bonds. The van der Waals surface area contributed by atoms with Crippen molar-refractivity contribution in [2.75, 3.05) is 12.4 Å². The van der Waals surface area contributed by atoms with E-state index >= 15 is 0 Å². The molecule has 0 fully saturated rings. The molecule has 150 valence electrons. The molecule has 1 aromatic heterocycles. The van der Waals surface area contributed by atoms with Gasteiger partial charge in [0, 0.05) is 10.9 Å². The van der Waals surface area contributed by atoms with Gasteiger partial charge in [-0.15, -0.1) is 11.3 Å². The number of nitrogens with zero attached hydrogens (tertiary/aromatic N) is 1. The minimum Gasteiger partial charge on any atom is -0.494 e. The largest absolute Gasteiger partial charge is 0.494 e. The number of anilines is 1. The molecule has 0 aliphatic carbocycles. The van der Waals surface area contributed by atoms with Gasteiger partial charge in [-0.25, -0.2) is 0 Å². The number of nitro benzene ring substituents is 1. The quantitative estimate of drug-likeness (QED) is 0.424. The molecule has 2 aromatic carbocycles. The van der Waals surface area contributed by atoms with E-state index in [1.165, 1.54) is 25.3 Å². The highest BCUT2D eigenvalue weighted by molar-refractivity contribution is 7.10. The van der Waals surface area contributed by atoms with Gasteiger partial charge in [0.2, 0.25) is 5.91 Å². The van der Waals surface area contributed by atoms with Crippen molar-refractivity contribution < 1.29 is 14.5 Å².